The number of nitrogens with zero attached hydrogens (tertiary/aromatic N) is 4. The first-order valence-electron chi connectivity index (χ1n) is 9.81. The van der Waals surface area contributed by atoms with E-state index in [1.54, 1.807) is 21.8 Å². The molecule has 0 N–H and O–H groups in total. The van der Waals surface area contributed by atoms with Crippen LogP contribution in [0.15, 0.2) is 42.4 Å². The highest BCUT2D eigenvalue weighted by Crippen LogP contribution is 2.26. The van der Waals surface area contributed by atoms with Gasteiger partial charge in [-0.1, -0.05) is 18.2 Å². The van der Waals surface area contributed by atoms with Crippen LogP contribution in [0.4, 0.5) is 4.39 Å². The minimum atomic E-state index is -0.258. The van der Waals surface area contributed by atoms with Gasteiger partial charge >= 0.3 is 0 Å². The lowest BCUT2D eigenvalue weighted by atomic mass is 9.99. The van der Waals surface area contributed by atoms with Gasteiger partial charge in [0.05, 0.1) is 24.1 Å². The Kier molecular flexibility index (Phi) is 4.76. The zero-order chi connectivity index (χ0) is 20.8. The van der Waals surface area contributed by atoms with Crippen LogP contribution in [0.5, 0.6) is 0 Å². The summed E-state index contributed by atoms with van der Waals surface area (Å²) >= 11 is 0. The molecular weight excluding hydrogens is 371 g/mol. The Balaban J connectivity index is 1.47. The predicted octanol–water partition coefficient (Wildman–Crippen LogP) is 3.19. The number of aromatic nitrogens is 2. The average Bonchev–Trinajstić information content (AvgIpc) is 3.22. The maximum absolute atomic E-state index is 13.6. The van der Waals surface area contributed by atoms with Gasteiger partial charge in [0.1, 0.15) is 0 Å². The Morgan fingerprint density at radius 1 is 1.14 bits per heavy atom. The van der Waals surface area contributed by atoms with Crippen LogP contribution >= 0.6 is 0 Å². The number of rotatable bonds is 4. The first-order valence-corrected chi connectivity index (χ1v) is 9.81. The van der Waals surface area contributed by atoms with Crippen molar-refractivity contribution in [3.8, 4) is 0 Å². The van der Waals surface area contributed by atoms with E-state index >= 15 is 0 Å². The number of fused-ring (bicyclic) bond motifs is 2. The molecule has 0 saturated carbocycles. The summed E-state index contributed by atoms with van der Waals surface area (Å²) < 4.78 is 15.2. The molecule has 7 heteroatoms. The second-order valence-electron chi connectivity index (χ2n) is 8.65. The van der Waals surface area contributed by atoms with Crippen LogP contribution in [-0.4, -0.2) is 50.0 Å². The molecule has 0 aliphatic carbocycles. The van der Waals surface area contributed by atoms with Crippen LogP contribution in [0, 0.1) is 0 Å². The maximum Gasteiger partial charge on any atom is 0.257 e. The van der Waals surface area contributed by atoms with Crippen molar-refractivity contribution in [3.05, 3.63) is 64.7 Å². The molecule has 1 aromatic carbocycles. The van der Waals surface area contributed by atoms with Crippen molar-refractivity contribution < 1.29 is 14.0 Å². The van der Waals surface area contributed by atoms with E-state index in [9.17, 15) is 14.0 Å². The van der Waals surface area contributed by atoms with Crippen molar-refractivity contribution in [3.63, 3.8) is 0 Å². The van der Waals surface area contributed by atoms with Gasteiger partial charge in [-0.25, -0.2) is 4.39 Å². The highest BCUT2D eigenvalue weighted by molar-refractivity contribution is 5.98. The van der Waals surface area contributed by atoms with Gasteiger partial charge in [-0.05, 0) is 38.0 Å². The number of carbonyl (C=O) groups excluding carboxylic acids is 2. The average molecular weight is 396 g/mol. The molecular formula is C22H25FN4O2. The molecule has 0 bridgehead atoms. The first-order chi connectivity index (χ1) is 13.8. The maximum atomic E-state index is 13.6. The van der Waals surface area contributed by atoms with E-state index in [0.29, 0.717) is 42.5 Å². The highest BCUT2D eigenvalue weighted by Gasteiger charge is 2.34. The predicted molar refractivity (Wildman–Crippen MR) is 107 cm³/mol. The lowest BCUT2D eigenvalue weighted by Gasteiger charge is -2.37. The van der Waals surface area contributed by atoms with Crippen molar-refractivity contribution in [1.82, 2.24) is 19.6 Å². The Labute approximate surface area is 169 Å². The molecule has 0 spiro atoms. The van der Waals surface area contributed by atoms with Crippen LogP contribution in [0.1, 0.15) is 52.7 Å². The second-order valence-corrected chi connectivity index (χ2v) is 8.65. The number of carbonyl (C=O) groups is 2. The van der Waals surface area contributed by atoms with E-state index in [2.05, 4.69) is 5.10 Å². The number of halogens is 1. The third-order valence-corrected chi connectivity index (χ3v) is 5.51. The third-order valence-electron chi connectivity index (χ3n) is 5.51. The SMILES string of the molecule is CC(C)(C)N1CCc2nn(C/C(=C/F)CN3Cc4ccccc4C3=O)cc2C1=O. The monoisotopic (exact) mass is 396 g/mol. The van der Waals surface area contributed by atoms with Crippen LogP contribution in [-0.2, 0) is 19.5 Å². The fourth-order valence-corrected chi connectivity index (χ4v) is 4.02. The van der Waals surface area contributed by atoms with Crippen molar-refractivity contribution in [2.45, 2.75) is 45.8 Å². The van der Waals surface area contributed by atoms with Crippen molar-refractivity contribution in [1.29, 1.82) is 0 Å². The Morgan fingerprint density at radius 3 is 2.59 bits per heavy atom. The highest BCUT2D eigenvalue weighted by atomic mass is 19.1. The molecule has 1 aromatic heterocycles. The molecule has 2 aliphatic rings. The summed E-state index contributed by atoms with van der Waals surface area (Å²) in [6.45, 7) is 7.52. The summed E-state index contributed by atoms with van der Waals surface area (Å²) in [6, 6.07) is 7.44. The lowest BCUT2D eigenvalue weighted by Crippen LogP contribution is -2.49. The zero-order valence-electron chi connectivity index (χ0n) is 17.0. The Hall–Kier alpha value is -2.96. The number of hydrogen-bond donors (Lipinski definition) is 0. The summed E-state index contributed by atoms with van der Waals surface area (Å²) in [5, 5.41) is 4.50. The standard InChI is InChI=1S/C22H25FN4O2/c1-22(2,3)27-9-8-19-18(21(27)29)14-26(24-19)12-15(10-23)11-25-13-16-6-4-5-7-17(16)20(25)28/h4-7,10,14H,8-9,11-13H2,1-3H3/b15-10+. The minimum Gasteiger partial charge on any atom is -0.333 e. The van der Waals surface area contributed by atoms with E-state index in [4.69, 9.17) is 0 Å². The van der Waals surface area contributed by atoms with Crippen LogP contribution < -0.4 is 0 Å². The van der Waals surface area contributed by atoms with E-state index in [1.165, 1.54) is 0 Å². The molecule has 0 saturated heterocycles. The summed E-state index contributed by atoms with van der Waals surface area (Å²) in [6.07, 6.45) is 2.92. The second kappa shape index (κ2) is 7.13. The van der Waals surface area contributed by atoms with Gasteiger partial charge in [0.25, 0.3) is 11.8 Å². The molecule has 152 valence electrons. The number of amides is 2. The van der Waals surface area contributed by atoms with E-state index in [1.807, 2.05) is 43.9 Å². The molecule has 29 heavy (non-hydrogen) atoms. The molecule has 2 aromatic rings. The van der Waals surface area contributed by atoms with E-state index in [0.717, 1.165) is 11.3 Å². The Bertz CT molecular complexity index is 1000. The van der Waals surface area contributed by atoms with Crippen LogP contribution in [0.2, 0.25) is 0 Å². The third kappa shape index (κ3) is 3.57. The molecule has 0 unspecified atom stereocenters. The quantitative estimate of drug-likeness (QED) is 0.798. The molecule has 6 nitrogen and oxygen atoms in total. The van der Waals surface area contributed by atoms with E-state index < -0.39 is 0 Å². The molecule has 4 rings (SSSR count). The molecule has 3 heterocycles. The van der Waals surface area contributed by atoms with Crippen LogP contribution in [0.25, 0.3) is 0 Å². The molecule has 0 radical (unpaired) electrons. The normalized spacial score (nSPS) is 17.0. The van der Waals surface area contributed by atoms with Gasteiger partial charge in [0, 0.05) is 43.4 Å². The van der Waals surface area contributed by atoms with E-state index in [-0.39, 0.29) is 30.4 Å². The molecule has 0 atom stereocenters. The van der Waals surface area contributed by atoms with Gasteiger partial charge < -0.3 is 9.80 Å². The van der Waals surface area contributed by atoms with Crippen molar-refractivity contribution in [2.75, 3.05) is 13.1 Å². The summed E-state index contributed by atoms with van der Waals surface area (Å²) in [4.78, 5) is 28.8. The Morgan fingerprint density at radius 2 is 1.90 bits per heavy atom. The van der Waals surface area contributed by atoms with Crippen molar-refractivity contribution >= 4 is 11.8 Å². The smallest absolute Gasteiger partial charge is 0.257 e. The van der Waals surface area contributed by atoms with Gasteiger partial charge in [-0.15, -0.1) is 0 Å². The van der Waals surface area contributed by atoms with Gasteiger partial charge in [0.2, 0.25) is 0 Å². The van der Waals surface area contributed by atoms with Gasteiger partial charge in [-0.2, -0.15) is 5.10 Å². The van der Waals surface area contributed by atoms with Gasteiger partial charge in [-0.3, -0.25) is 14.3 Å². The number of hydrogen-bond acceptors (Lipinski definition) is 3. The number of benzene rings is 1. The first kappa shape index (κ1) is 19.4. The van der Waals surface area contributed by atoms with Crippen LogP contribution in [0.3, 0.4) is 0 Å². The fraction of sp³-hybridized carbons (Fsp3) is 0.409. The molecule has 2 amide bonds. The zero-order valence-corrected chi connectivity index (χ0v) is 17.0. The largest absolute Gasteiger partial charge is 0.333 e. The minimum absolute atomic E-state index is 0.0408. The van der Waals surface area contributed by atoms with Gasteiger partial charge in [0.15, 0.2) is 0 Å². The topological polar surface area (TPSA) is 58.4 Å². The lowest BCUT2D eigenvalue weighted by molar-refractivity contribution is 0.0561. The fourth-order valence-electron chi connectivity index (χ4n) is 4.02. The summed E-state index contributed by atoms with van der Waals surface area (Å²) in [5.74, 6) is -0.128. The summed E-state index contributed by atoms with van der Waals surface area (Å²) in [5.41, 5.74) is 3.14. The van der Waals surface area contributed by atoms with Crippen molar-refractivity contribution in [2.24, 2.45) is 0 Å². The molecule has 0 fully saturated rings. The molecule has 2 aliphatic heterocycles. The summed E-state index contributed by atoms with van der Waals surface area (Å²) in [7, 11) is 0.